The van der Waals surface area contributed by atoms with Crippen molar-refractivity contribution in [2.24, 2.45) is 0 Å². The predicted octanol–water partition coefficient (Wildman–Crippen LogP) is 0.429. The Labute approximate surface area is 83.0 Å². The summed E-state index contributed by atoms with van der Waals surface area (Å²) in [5.74, 6) is 0.0712. The topological polar surface area (TPSA) is 58.6 Å². The number of ether oxygens (including phenoxy) is 1. The zero-order valence-electron chi connectivity index (χ0n) is 8.08. The van der Waals surface area contributed by atoms with Crippen molar-refractivity contribution < 1.29 is 14.6 Å². The Morgan fingerprint density at radius 3 is 2.85 bits per heavy atom. The molecule has 4 nitrogen and oxygen atoms in total. The van der Waals surface area contributed by atoms with Crippen LogP contribution in [0.3, 0.4) is 0 Å². The smallest absolute Gasteiger partial charge is 0.320 e. The van der Waals surface area contributed by atoms with Gasteiger partial charge < -0.3 is 15.2 Å². The van der Waals surface area contributed by atoms with Crippen molar-refractivity contribution in [2.75, 3.05) is 32.3 Å². The number of methoxy groups -OCH3 is 1. The van der Waals surface area contributed by atoms with Crippen molar-refractivity contribution >= 4 is 17.7 Å². The van der Waals surface area contributed by atoms with Gasteiger partial charge in [-0.15, -0.1) is 0 Å². The molecule has 0 saturated carbocycles. The maximum absolute atomic E-state index is 10.7. The Balaban J connectivity index is 3.61. The number of thioether (sulfide) groups is 1. The van der Waals surface area contributed by atoms with E-state index in [2.05, 4.69) is 5.32 Å². The molecule has 0 amide bonds. The third kappa shape index (κ3) is 6.86. The van der Waals surface area contributed by atoms with Crippen molar-refractivity contribution in [2.45, 2.75) is 12.5 Å². The zero-order chi connectivity index (χ0) is 10.1. The van der Waals surface area contributed by atoms with Gasteiger partial charge in [-0.3, -0.25) is 4.79 Å². The highest BCUT2D eigenvalue weighted by atomic mass is 32.2. The van der Waals surface area contributed by atoms with E-state index in [-0.39, 0.29) is 0 Å². The molecule has 13 heavy (non-hydrogen) atoms. The second kappa shape index (κ2) is 8.34. The number of carboxylic acid groups (broad SMARTS) is 1. The standard InChI is InChI=1S/C8H17NO3S/c1-12-5-4-9-7(8(10)11)3-6-13-2/h7,9H,3-6H2,1-2H3,(H,10,11). The molecule has 0 aliphatic heterocycles. The largest absolute Gasteiger partial charge is 0.480 e. The molecule has 0 aromatic heterocycles. The summed E-state index contributed by atoms with van der Waals surface area (Å²) in [7, 11) is 1.60. The SMILES string of the molecule is COCCNC(CCSC)C(=O)O. The van der Waals surface area contributed by atoms with E-state index in [1.807, 2.05) is 6.26 Å². The summed E-state index contributed by atoms with van der Waals surface area (Å²) in [6, 6.07) is -0.442. The van der Waals surface area contributed by atoms with Crippen LogP contribution in [0.1, 0.15) is 6.42 Å². The van der Waals surface area contributed by atoms with Gasteiger partial charge in [0.15, 0.2) is 0 Å². The molecule has 0 rings (SSSR count). The van der Waals surface area contributed by atoms with Gasteiger partial charge in [0, 0.05) is 13.7 Å². The monoisotopic (exact) mass is 207 g/mol. The molecule has 0 bridgehead atoms. The molecule has 0 aromatic carbocycles. The molecular weight excluding hydrogens is 190 g/mol. The lowest BCUT2D eigenvalue weighted by Crippen LogP contribution is -2.38. The van der Waals surface area contributed by atoms with Gasteiger partial charge in [0.1, 0.15) is 6.04 Å². The van der Waals surface area contributed by atoms with E-state index in [9.17, 15) is 4.79 Å². The summed E-state index contributed by atoms with van der Waals surface area (Å²) in [6.45, 7) is 1.13. The van der Waals surface area contributed by atoms with Crippen molar-refractivity contribution in [1.82, 2.24) is 5.32 Å². The van der Waals surface area contributed by atoms with Gasteiger partial charge >= 0.3 is 5.97 Å². The van der Waals surface area contributed by atoms with Crippen molar-refractivity contribution in [3.63, 3.8) is 0 Å². The molecule has 0 heterocycles. The first-order chi connectivity index (χ1) is 6.22. The van der Waals surface area contributed by atoms with Crippen LogP contribution < -0.4 is 5.32 Å². The van der Waals surface area contributed by atoms with Crippen molar-refractivity contribution in [3.8, 4) is 0 Å². The molecule has 78 valence electrons. The van der Waals surface area contributed by atoms with Crippen LogP contribution in [0.2, 0.25) is 0 Å². The fourth-order valence-electron chi connectivity index (χ4n) is 0.884. The minimum atomic E-state index is -0.787. The second-order valence-electron chi connectivity index (χ2n) is 2.62. The first-order valence-corrected chi connectivity index (χ1v) is 5.55. The number of carboxylic acids is 1. The average Bonchev–Trinajstić information content (AvgIpc) is 2.10. The summed E-state index contributed by atoms with van der Waals surface area (Å²) in [5.41, 5.74) is 0. The van der Waals surface area contributed by atoms with Gasteiger partial charge in [-0.2, -0.15) is 11.8 Å². The normalized spacial score (nSPS) is 12.8. The van der Waals surface area contributed by atoms with Crippen LogP contribution in [0, 0.1) is 0 Å². The van der Waals surface area contributed by atoms with Crippen LogP contribution in [0.4, 0.5) is 0 Å². The lowest BCUT2D eigenvalue weighted by Gasteiger charge is -2.12. The van der Waals surface area contributed by atoms with E-state index in [0.717, 1.165) is 5.75 Å². The quantitative estimate of drug-likeness (QED) is 0.565. The molecular formula is C8H17NO3S. The van der Waals surface area contributed by atoms with Crippen LogP contribution in [0.15, 0.2) is 0 Å². The van der Waals surface area contributed by atoms with Crippen molar-refractivity contribution in [1.29, 1.82) is 0 Å². The van der Waals surface area contributed by atoms with Gasteiger partial charge in [-0.05, 0) is 18.4 Å². The zero-order valence-corrected chi connectivity index (χ0v) is 8.89. The van der Waals surface area contributed by atoms with Gasteiger partial charge in [-0.25, -0.2) is 0 Å². The minimum absolute atomic E-state index is 0.442. The third-order valence-electron chi connectivity index (χ3n) is 1.61. The van der Waals surface area contributed by atoms with E-state index in [1.54, 1.807) is 18.9 Å². The lowest BCUT2D eigenvalue weighted by atomic mass is 10.2. The molecule has 0 fully saturated rings. The predicted molar refractivity (Wildman–Crippen MR) is 54.3 cm³/mol. The van der Waals surface area contributed by atoms with E-state index in [4.69, 9.17) is 9.84 Å². The molecule has 1 atom stereocenters. The summed E-state index contributed by atoms with van der Waals surface area (Å²) < 4.78 is 4.82. The van der Waals surface area contributed by atoms with E-state index in [0.29, 0.717) is 19.6 Å². The number of carbonyl (C=O) groups is 1. The Morgan fingerprint density at radius 2 is 2.38 bits per heavy atom. The maximum atomic E-state index is 10.7. The number of nitrogens with one attached hydrogen (secondary N) is 1. The molecule has 0 aliphatic carbocycles. The van der Waals surface area contributed by atoms with Gasteiger partial charge in [0.05, 0.1) is 6.61 Å². The molecule has 0 aromatic rings. The molecule has 1 unspecified atom stereocenters. The summed E-state index contributed by atoms with van der Waals surface area (Å²) in [5, 5.41) is 11.7. The number of hydrogen-bond donors (Lipinski definition) is 2. The lowest BCUT2D eigenvalue weighted by molar-refractivity contribution is -0.139. The van der Waals surface area contributed by atoms with E-state index < -0.39 is 12.0 Å². The Kier molecular flexibility index (Phi) is 8.18. The van der Waals surface area contributed by atoms with Crippen LogP contribution in [-0.4, -0.2) is 49.4 Å². The molecule has 0 aliphatic rings. The molecule has 2 N–H and O–H groups in total. The van der Waals surface area contributed by atoms with E-state index in [1.165, 1.54) is 0 Å². The molecule has 0 saturated heterocycles. The summed E-state index contributed by atoms with van der Waals surface area (Å²) in [4.78, 5) is 10.7. The highest BCUT2D eigenvalue weighted by Gasteiger charge is 2.14. The van der Waals surface area contributed by atoms with Gasteiger partial charge in [0.2, 0.25) is 0 Å². The van der Waals surface area contributed by atoms with Crippen LogP contribution in [0.5, 0.6) is 0 Å². The third-order valence-corrected chi connectivity index (χ3v) is 2.25. The number of rotatable bonds is 8. The Hall–Kier alpha value is -0.260. The van der Waals surface area contributed by atoms with Crippen LogP contribution >= 0.6 is 11.8 Å². The van der Waals surface area contributed by atoms with Crippen LogP contribution in [-0.2, 0) is 9.53 Å². The molecule has 5 heteroatoms. The number of hydrogen-bond acceptors (Lipinski definition) is 4. The Morgan fingerprint density at radius 1 is 1.69 bits per heavy atom. The van der Waals surface area contributed by atoms with E-state index >= 15 is 0 Å². The first-order valence-electron chi connectivity index (χ1n) is 4.16. The summed E-state index contributed by atoms with van der Waals surface area (Å²) >= 11 is 1.65. The van der Waals surface area contributed by atoms with Crippen molar-refractivity contribution in [3.05, 3.63) is 0 Å². The number of aliphatic carboxylic acids is 1. The fourth-order valence-corrected chi connectivity index (χ4v) is 1.36. The van der Waals surface area contributed by atoms with Gasteiger partial charge in [-0.1, -0.05) is 0 Å². The molecule has 0 spiro atoms. The highest BCUT2D eigenvalue weighted by Crippen LogP contribution is 2.00. The average molecular weight is 207 g/mol. The fraction of sp³-hybridized carbons (Fsp3) is 0.875. The maximum Gasteiger partial charge on any atom is 0.320 e. The minimum Gasteiger partial charge on any atom is -0.480 e. The molecule has 0 radical (unpaired) electrons. The Bertz CT molecular complexity index is 143. The highest BCUT2D eigenvalue weighted by molar-refractivity contribution is 7.98. The second-order valence-corrected chi connectivity index (χ2v) is 3.60. The summed E-state index contributed by atoms with van der Waals surface area (Å²) in [6.07, 6.45) is 2.62. The van der Waals surface area contributed by atoms with Gasteiger partial charge in [0.25, 0.3) is 0 Å². The first kappa shape index (κ1) is 12.7. The van der Waals surface area contributed by atoms with Crippen LogP contribution in [0.25, 0.3) is 0 Å².